The van der Waals surface area contributed by atoms with E-state index in [1.807, 2.05) is 43.3 Å². The minimum atomic E-state index is -0.309. The number of aryl methyl sites for hydroxylation is 2. The monoisotopic (exact) mass is 485 g/mol. The average molecular weight is 486 g/mol. The van der Waals surface area contributed by atoms with Gasteiger partial charge in [-0.2, -0.15) is 5.10 Å². The highest BCUT2D eigenvalue weighted by molar-refractivity contribution is 5.94. The van der Waals surface area contributed by atoms with Gasteiger partial charge in [0.2, 0.25) is 0 Å². The molecule has 1 heterocycles. The van der Waals surface area contributed by atoms with Gasteiger partial charge in [0.05, 0.1) is 19.3 Å². The Labute approximate surface area is 209 Å². The molecular formula is C29H28FN3O3. The summed E-state index contributed by atoms with van der Waals surface area (Å²) in [6.07, 6.45) is 0.891. The molecule has 0 spiro atoms. The fraction of sp³-hybridized carbons (Fsp3) is 0.207. The van der Waals surface area contributed by atoms with Crippen LogP contribution in [0.3, 0.4) is 0 Å². The third-order valence-electron chi connectivity index (χ3n) is 6.10. The maximum Gasteiger partial charge on any atom is 0.270 e. The van der Waals surface area contributed by atoms with Gasteiger partial charge >= 0.3 is 0 Å². The van der Waals surface area contributed by atoms with Crippen molar-refractivity contribution in [3.8, 4) is 16.9 Å². The average Bonchev–Trinajstić information content (AvgIpc) is 2.89. The molecule has 36 heavy (non-hydrogen) atoms. The van der Waals surface area contributed by atoms with Crippen molar-refractivity contribution in [3.63, 3.8) is 0 Å². The Morgan fingerprint density at radius 1 is 1.00 bits per heavy atom. The molecule has 1 amide bonds. The number of para-hydroxylation sites is 1. The van der Waals surface area contributed by atoms with E-state index in [1.54, 1.807) is 38.4 Å². The fourth-order valence-corrected chi connectivity index (χ4v) is 4.40. The molecule has 0 aliphatic rings. The molecule has 0 atom stereocenters. The van der Waals surface area contributed by atoms with Gasteiger partial charge in [-0.15, -0.1) is 0 Å². The molecule has 0 aliphatic heterocycles. The molecule has 3 aromatic carbocycles. The van der Waals surface area contributed by atoms with Crippen molar-refractivity contribution in [2.75, 3.05) is 14.2 Å². The van der Waals surface area contributed by atoms with Crippen molar-refractivity contribution in [2.45, 2.75) is 26.3 Å². The largest absolute Gasteiger partial charge is 0.496 e. The molecule has 4 aromatic rings. The minimum absolute atomic E-state index is 0.198. The molecule has 0 aliphatic carbocycles. The predicted molar refractivity (Wildman–Crippen MR) is 138 cm³/mol. The van der Waals surface area contributed by atoms with Gasteiger partial charge in [0.1, 0.15) is 11.6 Å². The van der Waals surface area contributed by atoms with Gasteiger partial charge < -0.3 is 10.1 Å². The Morgan fingerprint density at radius 3 is 2.50 bits per heavy atom. The molecule has 0 bridgehead atoms. The highest BCUT2D eigenvalue weighted by Gasteiger charge is 2.20. The number of nitrogens with zero attached hydrogens (tertiary/aromatic N) is 2. The summed E-state index contributed by atoms with van der Waals surface area (Å²) in [6, 6.07) is 21.0. The number of halogens is 1. The number of benzene rings is 3. The lowest BCUT2D eigenvalue weighted by Gasteiger charge is -2.17. The van der Waals surface area contributed by atoms with Gasteiger partial charge in [-0.1, -0.05) is 42.5 Å². The summed E-state index contributed by atoms with van der Waals surface area (Å²) in [5.41, 5.74) is 4.63. The quantitative estimate of drug-likeness (QED) is 0.397. The van der Waals surface area contributed by atoms with E-state index < -0.39 is 0 Å². The zero-order chi connectivity index (χ0) is 25.7. The van der Waals surface area contributed by atoms with Gasteiger partial charge in [-0.25, -0.2) is 9.07 Å². The smallest absolute Gasteiger partial charge is 0.270 e. The van der Waals surface area contributed by atoms with Gasteiger partial charge in [0.15, 0.2) is 0 Å². The summed E-state index contributed by atoms with van der Waals surface area (Å²) in [5.74, 6) is 0.136. The zero-order valence-electron chi connectivity index (χ0n) is 20.5. The molecule has 6 nitrogen and oxygen atoms in total. The van der Waals surface area contributed by atoms with Crippen molar-refractivity contribution in [1.29, 1.82) is 0 Å². The van der Waals surface area contributed by atoms with Gasteiger partial charge in [0, 0.05) is 29.3 Å². The molecule has 7 heteroatoms. The van der Waals surface area contributed by atoms with Crippen LogP contribution in [-0.2, 0) is 19.4 Å². The number of rotatable bonds is 8. The van der Waals surface area contributed by atoms with E-state index in [4.69, 9.17) is 4.74 Å². The van der Waals surface area contributed by atoms with E-state index in [2.05, 4.69) is 10.4 Å². The Balaban J connectivity index is 1.81. The van der Waals surface area contributed by atoms with Crippen LogP contribution in [-0.4, -0.2) is 29.8 Å². The highest BCUT2D eigenvalue weighted by atomic mass is 19.1. The van der Waals surface area contributed by atoms with E-state index in [9.17, 15) is 14.0 Å². The van der Waals surface area contributed by atoms with E-state index >= 15 is 0 Å². The van der Waals surface area contributed by atoms with Gasteiger partial charge in [0.25, 0.3) is 11.5 Å². The van der Waals surface area contributed by atoms with Gasteiger partial charge in [-0.05, 0) is 61.2 Å². The Kier molecular flexibility index (Phi) is 7.59. The summed E-state index contributed by atoms with van der Waals surface area (Å²) in [4.78, 5) is 25.9. The maximum absolute atomic E-state index is 13.8. The van der Waals surface area contributed by atoms with Crippen LogP contribution in [0.25, 0.3) is 11.1 Å². The minimum Gasteiger partial charge on any atom is -0.496 e. The third-order valence-corrected chi connectivity index (χ3v) is 6.10. The fourth-order valence-electron chi connectivity index (χ4n) is 4.40. The third kappa shape index (κ3) is 5.35. The molecule has 0 radical (unpaired) electrons. The van der Waals surface area contributed by atoms with Crippen molar-refractivity contribution >= 4 is 5.91 Å². The summed E-state index contributed by atoms with van der Waals surface area (Å²) < 4.78 is 20.8. The van der Waals surface area contributed by atoms with Crippen LogP contribution in [0.15, 0.2) is 77.6 Å². The Hall–Kier alpha value is -4.26. The van der Waals surface area contributed by atoms with Crippen LogP contribution in [0.2, 0.25) is 0 Å². The molecule has 0 saturated heterocycles. The molecule has 184 valence electrons. The van der Waals surface area contributed by atoms with E-state index in [0.717, 1.165) is 22.3 Å². The van der Waals surface area contributed by atoms with Crippen LogP contribution in [0.1, 0.15) is 32.7 Å². The normalized spacial score (nSPS) is 10.8. The zero-order valence-corrected chi connectivity index (χ0v) is 20.5. The molecule has 1 N–H and O–H groups in total. The lowest BCUT2D eigenvalue weighted by Crippen LogP contribution is -2.29. The standard InChI is InChI=1S/C29H28FN3O3/c1-19-27(24-12-4-5-13-26(24)36-3)25(15-14-20-8-7-11-23(30)17-20)29(35)33(32-19)18-21-9-6-10-22(16-21)28(34)31-2/h4-13,16-17H,14-15,18H2,1-3H3,(H,31,34). The van der Waals surface area contributed by atoms with Crippen LogP contribution >= 0.6 is 0 Å². The van der Waals surface area contributed by atoms with Crippen molar-refractivity contribution in [2.24, 2.45) is 0 Å². The first-order valence-electron chi connectivity index (χ1n) is 11.7. The van der Waals surface area contributed by atoms with E-state index in [0.29, 0.717) is 35.4 Å². The summed E-state index contributed by atoms with van der Waals surface area (Å²) >= 11 is 0. The number of hydrogen-bond acceptors (Lipinski definition) is 4. The highest BCUT2D eigenvalue weighted by Crippen LogP contribution is 2.33. The molecule has 4 rings (SSSR count). The van der Waals surface area contributed by atoms with Crippen molar-refractivity contribution in [1.82, 2.24) is 15.1 Å². The first-order valence-corrected chi connectivity index (χ1v) is 11.7. The van der Waals surface area contributed by atoms with Crippen LogP contribution in [0.4, 0.5) is 4.39 Å². The van der Waals surface area contributed by atoms with Crippen molar-refractivity contribution in [3.05, 3.63) is 117 Å². The molecule has 1 aromatic heterocycles. The summed E-state index contributed by atoms with van der Waals surface area (Å²) in [5, 5.41) is 7.25. The molecule has 0 fully saturated rings. The first-order chi connectivity index (χ1) is 17.4. The topological polar surface area (TPSA) is 73.2 Å². The number of amides is 1. The second-order valence-corrected chi connectivity index (χ2v) is 8.51. The number of nitrogens with one attached hydrogen (secondary N) is 1. The number of carbonyl (C=O) groups is 1. The van der Waals surface area contributed by atoms with Gasteiger partial charge in [-0.3, -0.25) is 9.59 Å². The summed E-state index contributed by atoms with van der Waals surface area (Å²) in [6.45, 7) is 2.08. The first kappa shape index (κ1) is 24.9. The predicted octanol–water partition coefficient (Wildman–Crippen LogP) is 4.56. The second kappa shape index (κ2) is 11.0. The SMILES string of the molecule is CNC(=O)c1cccc(Cn2nc(C)c(-c3ccccc3OC)c(CCc3cccc(F)c3)c2=O)c1. The van der Waals surface area contributed by atoms with Crippen LogP contribution < -0.4 is 15.6 Å². The molecule has 0 unspecified atom stereocenters. The Morgan fingerprint density at radius 2 is 1.75 bits per heavy atom. The number of ether oxygens (including phenoxy) is 1. The number of carbonyl (C=O) groups excluding carboxylic acids is 1. The maximum atomic E-state index is 13.8. The molecular weight excluding hydrogens is 457 g/mol. The van der Waals surface area contributed by atoms with Crippen molar-refractivity contribution < 1.29 is 13.9 Å². The van der Waals surface area contributed by atoms with Crippen LogP contribution in [0, 0.1) is 12.7 Å². The van der Waals surface area contributed by atoms with E-state index in [1.165, 1.54) is 16.8 Å². The van der Waals surface area contributed by atoms with Crippen LogP contribution in [0.5, 0.6) is 5.75 Å². The lowest BCUT2D eigenvalue weighted by molar-refractivity contribution is 0.0963. The molecule has 0 saturated carbocycles. The van der Waals surface area contributed by atoms with E-state index in [-0.39, 0.29) is 23.8 Å². The lowest BCUT2D eigenvalue weighted by atomic mass is 9.94. The number of hydrogen-bond donors (Lipinski definition) is 1. The Bertz CT molecular complexity index is 1460. The number of aromatic nitrogens is 2. The summed E-state index contributed by atoms with van der Waals surface area (Å²) in [7, 11) is 3.17. The second-order valence-electron chi connectivity index (χ2n) is 8.51. The number of methoxy groups -OCH3 is 1.